The molecule has 0 atom stereocenters. The summed E-state index contributed by atoms with van der Waals surface area (Å²) in [6, 6.07) is 11.2. The van der Waals surface area contributed by atoms with Crippen LogP contribution in [-0.2, 0) is 14.4 Å². The SMILES string of the molecule is CCN1C2=C(C(=O)CC(C)(C)C2)C(c2ccc(OCC(=O)Nc3ccc(C)c(C)c3)c(Cl)c2)C2=C1CC(C)(C)CC2=O. The number of carbonyl (C=O) groups excluding carboxylic acids is 3. The molecule has 7 heteroatoms. The third kappa shape index (κ3) is 5.78. The van der Waals surface area contributed by atoms with Crippen LogP contribution < -0.4 is 10.1 Å². The van der Waals surface area contributed by atoms with E-state index in [0.29, 0.717) is 35.8 Å². The second-order valence-electron chi connectivity index (χ2n) is 13.6. The molecule has 0 saturated carbocycles. The van der Waals surface area contributed by atoms with Crippen LogP contribution in [0.1, 0.15) is 82.9 Å². The summed E-state index contributed by atoms with van der Waals surface area (Å²) in [4.78, 5) is 42.4. The molecule has 6 nitrogen and oxygen atoms in total. The number of ether oxygens (including phenoxy) is 1. The third-order valence-electron chi connectivity index (χ3n) is 8.78. The summed E-state index contributed by atoms with van der Waals surface area (Å²) in [6.45, 7) is 15.2. The van der Waals surface area contributed by atoms with E-state index in [-0.39, 0.29) is 34.9 Å². The molecule has 0 saturated heterocycles. The first-order valence-electron chi connectivity index (χ1n) is 14.8. The summed E-state index contributed by atoms with van der Waals surface area (Å²) in [5.74, 6) is -0.204. The van der Waals surface area contributed by atoms with Gasteiger partial charge >= 0.3 is 0 Å². The van der Waals surface area contributed by atoms with Crippen LogP contribution in [-0.4, -0.2) is 35.5 Å². The van der Waals surface area contributed by atoms with Crippen molar-refractivity contribution in [2.24, 2.45) is 10.8 Å². The van der Waals surface area contributed by atoms with Gasteiger partial charge in [0.05, 0.1) is 5.02 Å². The first-order valence-corrected chi connectivity index (χ1v) is 15.2. The fourth-order valence-electron chi connectivity index (χ4n) is 6.74. The van der Waals surface area contributed by atoms with E-state index in [4.69, 9.17) is 16.3 Å². The monoisotopic (exact) mass is 588 g/mol. The van der Waals surface area contributed by atoms with Gasteiger partial charge in [-0.05, 0) is 85.4 Å². The second kappa shape index (κ2) is 11.0. The van der Waals surface area contributed by atoms with Crippen LogP contribution in [0.4, 0.5) is 5.69 Å². The van der Waals surface area contributed by atoms with E-state index < -0.39 is 5.92 Å². The zero-order chi connectivity index (χ0) is 30.6. The Morgan fingerprint density at radius 3 is 2.02 bits per heavy atom. The lowest BCUT2D eigenvalue weighted by atomic mass is 9.63. The molecular weight excluding hydrogens is 548 g/mol. The molecule has 2 aliphatic carbocycles. The van der Waals surface area contributed by atoms with Crippen molar-refractivity contribution in [2.75, 3.05) is 18.5 Å². The number of hydrogen-bond acceptors (Lipinski definition) is 5. The van der Waals surface area contributed by atoms with Crippen LogP contribution >= 0.6 is 11.6 Å². The van der Waals surface area contributed by atoms with Crippen molar-refractivity contribution in [3.05, 3.63) is 80.7 Å². The normalized spacial score (nSPS) is 20.0. The minimum atomic E-state index is -0.468. The lowest BCUT2D eigenvalue weighted by molar-refractivity contribution is -0.120. The van der Waals surface area contributed by atoms with Crippen LogP contribution in [0.5, 0.6) is 5.75 Å². The van der Waals surface area contributed by atoms with Crippen LogP contribution in [0.2, 0.25) is 5.02 Å². The second-order valence-corrected chi connectivity index (χ2v) is 14.0. The van der Waals surface area contributed by atoms with Gasteiger partial charge in [0.25, 0.3) is 5.91 Å². The number of nitrogens with zero attached hydrogens (tertiary/aromatic N) is 1. The van der Waals surface area contributed by atoms with Crippen molar-refractivity contribution in [3.63, 3.8) is 0 Å². The first-order chi connectivity index (χ1) is 19.7. The highest BCUT2D eigenvalue weighted by Gasteiger charge is 2.48. The number of Topliss-reactive ketones (excluding diaryl/α,β-unsaturated/α-hetero) is 2. The summed E-state index contributed by atoms with van der Waals surface area (Å²) >= 11 is 6.73. The van der Waals surface area contributed by atoms with E-state index in [1.807, 2.05) is 38.1 Å². The van der Waals surface area contributed by atoms with Gasteiger partial charge in [-0.2, -0.15) is 0 Å². The highest BCUT2D eigenvalue weighted by atomic mass is 35.5. The quantitative estimate of drug-likeness (QED) is 0.374. The van der Waals surface area contributed by atoms with Gasteiger partial charge in [-0.25, -0.2) is 0 Å². The molecule has 2 aromatic rings. The maximum absolute atomic E-state index is 13.8. The number of nitrogens with one attached hydrogen (secondary N) is 1. The Morgan fingerprint density at radius 2 is 1.50 bits per heavy atom. The Bertz CT molecular complexity index is 1490. The molecule has 42 heavy (non-hydrogen) atoms. The van der Waals surface area contributed by atoms with Crippen LogP contribution in [0.15, 0.2) is 58.9 Å². The standard InChI is InChI=1S/C35H41ClN2O4/c1-8-38-25-15-34(4,5)17-27(39)32(25)31(33-26(38)16-35(6,7)18-28(33)40)22-10-12-29(24(36)14-22)42-19-30(41)37-23-11-9-20(2)21(3)13-23/h9-14,31H,8,15-19H2,1-7H3,(H,37,41). The van der Waals surface area contributed by atoms with Gasteiger partial charge in [0.1, 0.15) is 5.75 Å². The summed E-state index contributed by atoms with van der Waals surface area (Å²) < 4.78 is 5.80. The Morgan fingerprint density at radius 1 is 0.905 bits per heavy atom. The van der Waals surface area contributed by atoms with Gasteiger partial charge in [-0.1, -0.05) is 51.4 Å². The van der Waals surface area contributed by atoms with Gasteiger partial charge in [-0.15, -0.1) is 0 Å². The molecule has 0 aromatic heterocycles. The molecule has 1 aliphatic heterocycles. The molecule has 0 fully saturated rings. The van der Waals surface area contributed by atoms with E-state index >= 15 is 0 Å². The number of benzene rings is 2. The Labute approximate surface area is 254 Å². The molecule has 5 rings (SSSR count). The number of halogens is 1. The van der Waals surface area contributed by atoms with Crippen LogP contribution in [0.25, 0.3) is 0 Å². The van der Waals surface area contributed by atoms with Gasteiger partial charge in [0.2, 0.25) is 0 Å². The summed E-state index contributed by atoms with van der Waals surface area (Å²) in [5, 5.41) is 3.19. The Balaban J connectivity index is 1.47. The minimum Gasteiger partial charge on any atom is -0.482 e. The minimum absolute atomic E-state index is 0.0911. The lowest BCUT2D eigenvalue weighted by Crippen LogP contribution is -2.44. The van der Waals surface area contributed by atoms with Crippen molar-refractivity contribution in [1.82, 2.24) is 4.90 Å². The smallest absolute Gasteiger partial charge is 0.262 e. The molecule has 222 valence electrons. The molecule has 1 heterocycles. The van der Waals surface area contributed by atoms with Crippen molar-refractivity contribution < 1.29 is 19.1 Å². The zero-order valence-electron chi connectivity index (χ0n) is 25.7. The zero-order valence-corrected chi connectivity index (χ0v) is 26.5. The molecule has 0 radical (unpaired) electrons. The van der Waals surface area contributed by atoms with Crippen molar-refractivity contribution in [1.29, 1.82) is 0 Å². The summed E-state index contributed by atoms with van der Waals surface area (Å²) in [5.41, 5.74) is 6.94. The average molecular weight is 589 g/mol. The molecule has 0 bridgehead atoms. The van der Waals surface area contributed by atoms with Crippen molar-refractivity contribution >= 4 is 34.8 Å². The maximum atomic E-state index is 13.8. The first kappa shape index (κ1) is 30.1. The lowest BCUT2D eigenvalue weighted by Gasteiger charge is -2.48. The highest BCUT2D eigenvalue weighted by molar-refractivity contribution is 6.32. The predicted octanol–water partition coefficient (Wildman–Crippen LogP) is 7.68. The van der Waals surface area contributed by atoms with Gasteiger partial charge < -0.3 is 15.0 Å². The van der Waals surface area contributed by atoms with Gasteiger partial charge in [-0.3, -0.25) is 14.4 Å². The number of carbonyl (C=O) groups is 3. The number of rotatable bonds is 6. The molecule has 3 aliphatic rings. The summed E-state index contributed by atoms with van der Waals surface area (Å²) in [7, 11) is 0. The number of ketones is 2. The highest BCUT2D eigenvalue weighted by Crippen LogP contribution is 2.54. The topological polar surface area (TPSA) is 75.7 Å². The van der Waals surface area contributed by atoms with E-state index in [1.54, 1.807) is 12.1 Å². The number of hydrogen-bond donors (Lipinski definition) is 1. The number of allylic oxidation sites excluding steroid dienone is 4. The van der Waals surface area contributed by atoms with Gasteiger partial charge in [0.15, 0.2) is 18.2 Å². The fourth-order valence-corrected chi connectivity index (χ4v) is 6.98. The van der Waals surface area contributed by atoms with E-state index in [0.717, 1.165) is 52.1 Å². The molecule has 1 N–H and O–H groups in total. The number of amides is 1. The van der Waals surface area contributed by atoms with Crippen LogP contribution in [0, 0.1) is 24.7 Å². The van der Waals surface area contributed by atoms with Crippen molar-refractivity contribution in [2.45, 2.75) is 80.1 Å². The van der Waals surface area contributed by atoms with E-state index in [1.165, 1.54) is 0 Å². The molecule has 1 amide bonds. The molecule has 0 unspecified atom stereocenters. The van der Waals surface area contributed by atoms with E-state index in [2.05, 4.69) is 44.8 Å². The summed E-state index contributed by atoms with van der Waals surface area (Å²) in [6.07, 6.45) is 2.42. The largest absolute Gasteiger partial charge is 0.482 e. The van der Waals surface area contributed by atoms with Crippen LogP contribution in [0.3, 0.4) is 0 Å². The number of aryl methyl sites for hydroxylation is 2. The van der Waals surface area contributed by atoms with Gasteiger partial charge in [0, 0.05) is 53.5 Å². The maximum Gasteiger partial charge on any atom is 0.262 e. The molecule has 0 spiro atoms. The fraction of sp³-hybridized carbons (Fsp3) is 0.457. The van der Waals surface area contributed by atoms with E-state index in [9.17, 15) is 14.4 Å². The molecule has 2 aromatic carbocycles. The predicted molar refractivity (Wildman–Crippen MR) is 167 cm³/mol. The Kier molecular flexibility index (Phi) is 7.90. The number of anilines is 1. The molecular formula is C35H41ClN2O4. The Hall–Kier alpha value is -3.38. The third-order valence-corrected chi connectivity index (χ3v) is 9.07. The average Bonchev–Trinajstić information content (AvgIpc) is 2.87. The van der Waals surface area contributed by atoms with Crippen molar-refractivity contribution in [3.8, 4) is 5.75 Å².